The molecule has 4 fully saturated rings. The van der Waals surface area contributed by atoms with E-state index in [4.69, 9.17) is 0 Å². The maximum atomic E-state index is 11.4. The third-order valence-electron chi connectivity index (χ3n) is 10.6. The number of carboxylic acids is 1. The molecule has 0 radical (unpaired) electrons. The Balaban J connectivity index is 1.56. The lowest BCUT2D eigenvalue weighted by molar-refractivity contribution is -0.174. The van der Waals surface area contributed by atoms with Gasteiger partial charge in [-0.25, -0.2) is 0 Å². The minimum atomic E-state index is -0.679. The van der Waals surface area contributed by atoms with Crippen LogP contribution in [0.25, 0.3) is 0 Å². The summed E-state index contributed by atoms with van der Waals surface area (Å²) in [6.07, 6.45) is 8.87. The summed E-state index contributed by atoms with van der Waals surface area (Å²) in [5.74, 6) is 2.02. The first-order chi connectivity index (χ1) is 13.6. The Morgan fingerprint density at radius 1 is 0.966 bits per heavy atom. The molecule has 0 spiro atoms. The van der Waals surface area contributed by atoms with Crippen molar-refractivity contribution >= 4 is 5.97 Å². The van der Waals surface area contributed by atoms with E-state index in [0.29, 0.717) is 35.5 Å². The first-order valence-corrected chi connectivity index (χ1v) is 12.2. The Morgan fingerprint density at radius 3 is 2.31 bits per heavy atom. The van der Waals surface area contributed by atoms with Crippen molar-refractivity contribution in [1.82, 2.24) is 0 Å². The number of hydrogen-bond acceptors (Lipinski definition) is 3. The van der Waals surface area contributed by atoms with Gasteiger partial charge in [-0.3, -0.25) is 4.79 Å². The van der Waals surface area contributed by atoms with Crippen LogP contribution in [0, 0.1) is 52.3 Å². The van der Waals surface area contributed by atoms with Gasteiger partial charge >= 0.3 is 5.97 Å². The fourth-order valence-corrected chi connectivity index (χ4v) is 9.00. The maximum Gasteiger partial charge on any atom is 0.306 e. The predicted molar refractivity (Wildman–Crippen MR) is 113 cm³/mol. The normalized spacial score (nSPS) is 51.4. The van der Waals surface area contributed by atoms with Crippen molar-refractivity contribution in [3.63, 3.8) is 0 Å². The highest BCUT2D eigenvalue weighted by Gasteiger charge is 2.62. The van der Waals surface area contributed by atoms with Crippen molar-refractivity contribution < 1.29 is 20.1 Å². The minimum Gasteiger partial charge on any atom is -0.481 e. The van der Waals surface area contributed by atoms with Crippen LogP contribution in [-0.2, 0) is 4.79 Å². The van der Waals surface area contributed by atoms with E-state index in [1.807, 2.05) is 6.92 Å². The Kier molecular flexibility index (Phi) is 5.60. The lowest BCUT2D eigenvalue weighted by Gasteiger charge is -2.62. The first-order valence-electron chi connectivity index (χ1n) is 12.2. The van der Waals surface area contributed by atoms with Crippen molar-refractivity contribution in [3.8, 4) is 0 Å². The molecule has 0 aromatic rings. The molecule has 11 atom stereocenters. The molecule has 4 aliphatic rings. The second-order valence-corrected chi connectivity index (χ2v) is 11.9. The zero-order valence-electron chi connectivity index (χ0n) is 18.8. The summed E-state index contributed by atoms with van der Waals surface area (Å²) in [7, 11) is 0. The summed E-state index contributed by atoms with van der Waals surface area (Å²) in [6, 6.07) is 0. The van der Waals surface area contributed by atoms with Gasteiger partial charge in [-0.2, -0.15) is 0 Å². The highest BCUT2D eigenvalue weighted by molar-refractivity contribution is 5.69. The van der Waals surface area contributed by atoms with E-state index in [1.54, 1.807) is 0 Å². The van der Waals surface area contributed by atoms with Gasteiger partial charge in [-0.1, -0.05) is 27.7 Å². The van der Waals surface area contributed by atoms with Crippen molar-refractivity contribution in [2.75, 3.05) is 0 Å². The molecule has 4 heteroatoms. The lowest BCUT2D eigenvalue weighted by Crippen LogP contribution is -2.58. The molecule has 0 aromatic heterocycles. The van der Waals surface area contributed by atoms with Crippen molar-refractivity contribution in [2.45, 2.75) is 97.7 Å². The molecular formula is C25H42O4. The molecule has 0 saturated heterocycles. The summed E-state index contributed by atoms with van der Waals surface area (Å²) in [4.78, 5) is 11.4. The highest BCUT2D eigenvalue weighted by atomic mass is 16.4. The lowest BCUT2D eigenvalue weighted by atomic mass is 9.43. The molecule has 4 saturated carbocycles. The number of aliphatic hydroxyl groups excluding tert-OH is 2. The molecule has 4 rings (SSSR count). The highest BCUT2D eigenvalue weighted by Crippen LogP contribution is 2.68. The average Bonchev–Trinajstić information content (AvgIpc) is 3.00. The number of aliphatic carboxylic acids is 1. The molecule has 0 heterocycles. The number of carboxylic acid groups (broad SMARTS) is 1. The second kappa shape index (κ2) is 7.51. The number of aliphatic hydroxyl groups is 2. The van der Waals surface area contributed by atoms with Crippen LogP contribution in [-0.4, -0.2) is 33.5 Å². The molecule has 0 bridgehead atoms. The Morgan fingerprint density at radius 2 is 1.62 bits per heavy atom. The molecule has 166 valence electrons. The van der Waals surface area contributed by atoms with Crippen LogP contribution in [0.1, 0.15) is 85.5 Å². The van der Waals surface area contributed by atoms with Gasteiger partial charge in [0.2, 0.25) is 0 Å². The molecule has 3 unspecified atom stereocenters. The number of hydrogen-bond donors (Lipinski definition) is 3. The minimum absolute atomic E-state index is 0.182. The topological polar surface area (TPSA) is 77.8 Å². The molecule has 3 N–H and O–H groups in total. The first kappa shape index (κ1) is 21.6. The van der Waals surface area contributed by atoms with Crippen molar-refractivity contribution in [1.29, 1.82) is 0 Å². The van der Waals surface area contributed by atoms with E-state index in [1.165, 1.54) is 25.7 Å². The smallest absolute Gasteiger partial charge is 0.306 e. The van der Waals surface area contributed by atoms with Gasteiger partial charge in [-0.05, 0) is 104 Å². The molecule has 4 aliphatic carbocycles. The van der Waals surface area contributed by atoms with Crippen LogP contribution in [0.15, 0.2) is 0 Å². The summed E-state index contributed by atoms with van der Waals surface area (Å²) in [5.41, 5.74) is 0.503. The van der Waals surface area contributed by atoms with Gasteiger partial charge in [-0.15, -0.1) is 0 Å². The van der Waals surface area contributed by atoms with Crippen molar-refractivity contribution in [2.24, 2.45) is 52.3 Å². The summed E-state index contributed by atoms with van der Waals surface area (Å²) in [5, 5.41) is 30.9. The number of rotatable bonds is 4. The standard InChI is InChI=1S/C25H42O4/c1-14(11-15(2)23(28)29)18-5-6-19-22-20(8-10-25(18,19)4)24(3)9-7-17(26)12-16(24)13-21(22)27/h14-22,26-27H,5-13H2,1-4H3,(H,28,29)/t14-,15+,16+,17-,18-,19?,20?,21-,22?,24+,25-/m1/s1. The Labute approximate surface area is 176 Å². The van der Waals surface area contributed by atoms with E-state index < -0.39 is 5.97 Å². The molecule has 0 aromatic carbocycles. The van der Waals surface area contributed by atoms with E-state index in [2.05, 4.69) is 20.8 Å². The monoisotopic (exact) mass is 406 g/mol. The van der Waals surface area contributed by atoms with E-state index in [-0.39, 0.29) is 29.0 Å². The van der Waals surface area contributed by atoms with Crippen LogP contribution < -0.4 is 0 Å². The number of fused-ring (bicyclic) bond motifs is 5. The van der Waals surface area contributed by atoms with Gasteiger partial charge in [0.25, 0.3) is 0 Å². The van der Waals surface area contributed by atoms with E-state index in [0.717, 1.165) is 32.1 Å². The third-order valence-corrected chi connectivity index (χ3v) is 10.6. The fourth-order valence-electron chi connectivity index (χ4n) is 9.00. The van der Waals surface area contributed by atoms with Crippen LogP contribution in [0.5, 0.6) is 0 Å². The predicted octanol–water partition coefficient (Wildman–Crippen LogP) is 4.72. The Hall–Kier alpha value is -0.610. The van der Waals surface area contributed by atoms with Gasteiger partial charge in [0.05, 0.1) is 18.1 Å². The van der Waals surface area contributed by atoms with Gasteiger partial charge in [0.15, 0.2) is 0 Å². The summed E-state index contributed by atoms with van der Waals surface area (Å²) in [6.45, 7) is 9.02. The zero-order chi connectivity index (χ0) is 21.1. The summed E-state index contributed by atoms with van der Waals surface area (Å²) >= 11 is 0. The quantitative estimate of drug-likeness (QED) is 0.631. The molecule has 0 aliphatic heterocycles. The average molecular weight is 407 g/mol. The van der Waals surface area contributed by atoms with Crippen LogP contribution >= 0.6 is 0 Å². The largest absolute Gasteiger partial charge is 0.481 e. The zero-order valence-corrected chi connectivity index (χ0v) is 18.8. The van der Waals surface area contributed by atoms with Crippen molar-refractivity contribution in [3.05, 3.63) is 0 Å². The second-order valence-electron chi connectivity index (χ2n) is 11.9. The van der Waals surface area contributed by atoms with E-state index in [9.17, 15) is 20.1 Å². The van der Waals surface area contributed by atoms with Crippen LogP contribution in [0.2, 0.25) is 0 Å². The van der Waals surface area contributed by atoms with Crippen LogP contribution in [0.3, 0.4) is 0 Å². The molecule has 0 amide bonds. The van der Waals surface area contributed by atoms with Gasteiger partial charge in [0, 0.05) is 0 Å². The van der Waals surface area contributed by atoms with Crippen LogP contribution in [0.4, 0.5) is 0 Å². The number of carbonyl (C=O) groups is 1. The maximum absolute atomic E-state index is 11.4. The Bertz CT molecular complexity index is 634. The molecular weight excluding hydrogens is 364 g/mol. The fraction of sp³-hybridized carbons (Fsp3) is 0.960. The van der Waals surface area contributed by atoms with E-state index >= 15 is 0 Å². The molecule has 29 heavy (non-hydrogen) atoms. The summed E-state index contributed by atoms with van der Waals surface area (Å²) < 4.78 is 0. The SMILES string of the molecule is C[C@H](C[C@H](C)C(=O)O)[C@H]1CCC2C3C(CC[C@@]21C)[C@@]1(C)CC[C@@H](O)C[C@H]1C[C@H]3O. The van der Waals surface area contributed by atoms with Gasteiger partial charge in [0.1, 0.15) is 0 Å². The molecule has 4 nitrogen and oxygen atoms in total. The van der Waals surface area contributed by atoms with Gasteiger partial charge < -0.3 is 15.3 Å². The third kappa shape index (κ3) is 3.37.